The maximum absolute atomic E-state index is 13.0. The molecule has 2 fully saturated rings. The van der Waals surface area contributed by atoms with E-state index in [2.05, 4.69) is 20.9 Å². The van der Waals surface area contributed by atoms with E-state index in [9.17, 15) is 19.2 Å². The Labute approximate surface area is 243 Å². The lowest BCUT2D eigenvalue weighted by Gasteiger charge is -2.32. The van der Waals surface area contributed by atoms with Crippen LogP contribution in [0.3, 0.4) is 0 Å². The zero-order valence-electron chi connectivity index (χ0n) is 24.9. The Hall–Kier alpha value is -3.14. The van der Waals surface area contributed by atoms with Crippen LogP contribution in [0.25, 0.3) is 0 Å². The molecule has 2 saturated heterocycles. The Morgan fingerprint density at radius 2 is 1.71 bits per heavy atom. The van der Waals surface area contributed by atoms with E-state index >= 15 is 0 Å². The number of fused-ring (bicyclic) bond motifs is 1. The summed E-state index contributed by atoms with van der Waals surface area (Å²) in [4.78, 5) is 52.9. The predicted octanol–water partition coefficient (Wildman–Crippen LogP) is 4.19. The number of piperidine rings is 2. The lowest BCUT2D eigenvalue weighted by molar-refractivity contribution is -0.136. The molecule has 1 aromatic carbocycles. The highest BCUT2D eigenvalue weighted by atomic mass is 16.6. The molecule has 3 aliphatic rings. The number of ether oxygens (including phenoxy) is 1. The van der Waals surface area contributed by atoms with Gasteiger partial charge in [-0.2, -0.15) is 0 Å². The molecule has 0 spiro atoms. The molecule has 1 aromatic rings. The molecular formula is C31H47N5O5. The van der Waals surface area contributed by atoms with E-state index in [4.69, 9.17) is 4.74 Å². The van der Waals surface area contributed by atoms with Crippen molar-refractivity contribution in [2.24, 2.45) is 0 Å². The van der Waals surface area contributed by atoms with E-state index in [-0.39, 0.29) is 36.3 Å². The predicted molar refractivity (Wildman–Crippen MR) is 158 cm³/mol. The van der Waals surface area contributed by atoms with Crippen molar-refractivity contribution in [3.63, 3.8) is 0 Å². The summed E-state index contributed by atoms with van der Waals surface area (Å²) in [6.45, 7) is 10.0. The number of carbonyl (C=O) groups excluding carboxylic acids is 4. The number of rotatable bonds is 12. The lowest BCUT2D eigenvalue weighted by atomic mass is 10.0. The molecule has 10 nitrogen and oxygen atoms in total. The van der Waals surface area contributed by atoms with Gasteiger partial charge in [-0.25, -0.2) is 4.79 Å². The highest BCUT2D eigenvalue weighted by Crippen LogP contribution is 2.32. The Bertz CT molecular complexity index is 1090. The first-order valence-corrected chi connectivity index (χ1v) is 15.3. The number of nitrogens with one attached hydrogen (secondary N) is 3. The monoisotopic (exact) mass is 569 g/mol. The summed E-state index contributed by atoms with van der Waals surface area (Å²) in [5.41, 5.74) is 2.07. The van der Waals surface area contributed by atoms with Crippen molar-refractivity contribution in [2.45, 2.75) is 109 Å². The van der Waals surface area contributed by atoms with Crippen LogP contribution in [0.15, 0.2) is 18.2 Å². The van der Waals surface area contributed by atoms with Gasteiger partial charge >= 0.3 is 6.09 Å². The van der Waals surface area contributed by atoms with Gasteiger partial charge in [0, 0.05) is 55.5 Å². The van der Waals surface area contributed by atoms with E-state index in [1.54, 1.807) is 4.90 Å². The van der Waals surface area contributed by atoms with Crippen LogP contribution >= 0.6 is 0 Å². The molecule has 3 aliphatic heterocycles. The van der Waals surface area contributed by atoms with Gasteiger partial charge in [0.25, 0.3) is 5.91 Å². The molecule has 41 heavy (non-hydrogen) atoms. The number of nitrogens with zero attached hydrogens (tertiary/aromatic N) is 2. The third-order valence-electron chi connectivity index (χ3n) is 8.11. The van der Waals surface area contributed by atoms with Gasteiger partial charge in [0.1, 0.15) is 11.6 Å². The molecular weight excluding hydrogens is 522 g/mol. The van der Waals surface area contributed by atoms with Gasteiger partial charge < -0.3 is 25.2 Å². The quantitative estimate of drug-likeness (QED) is 0.255. The van der Waals surface area contributed by atoms with Crippen LogP contribution in [0.1, 0.15) is 101 Å². The van der Waals surface area contributed by atoms with Crippen molar-refractivity contribution >= 4 is 29.5 Å². The normalized spacial score (nSPS) is 20.1. The lowest BCUT2D eigenvalue weighted by Crippen LogP contribution is -2.52. The van der Waals surface area contributed by atoms with Gasteiger partial charge in [0.05, 0.1) is 0 Å². The van der Waals surface area contributed by atoms with Crippen LogP contribution in [0.2, 0.25) is 0 Å². The number of carbonyl (C=O) groups is 4. The molecule has 0 saturated carbocycles. The average Bonchev–Trinajstić information content (AvgIpc) is 3.24. The van der Waals surface area contributed by atoms with Crippen molar-refractivity contribution < 1.29 is 23.9 Å². The number of hydrogen-bond donors (Lipinski definition) is 3. The van der Waals surface area contributed by atoms with Crippen LogP contribution in [0.5, 0.6) is 0 Å². The minimum atomic E-state index is -0.589. The van der Waals surface area contributed by atoms with Gasteiger partial charge in [0.15, 0.2) is 0 Å². The van der Waals surface area contributed by atoms with E-state index in [1.165, 1.54) is 25.7 Å². The molecule has 1 atom stereocenters. The fraction of sp³-hybridized carbons (Fsp3) is 0.677. The first kappa shape index (κ1) is 30.8. The van der Waals surface area contributed by atoms with Crippen molar-refractivity contribution in [2.75, 3.05) is 31.5 Å². The van der Waals surface area contributed by atoms with Gasteiger partial charge in [-0.15, -0.1) is 0 Å². The minimum Gasteiger partial charge on any atom is -0.444 e. The summed E-state index contributed by atoms with van der Waals surface area (Å²) in [7, 11) is 0. The standard InChI is InChI=1S/C31H47N5O5/c1-31(2,3)41-30(40)33-22-15-19-35(20-16-22)18-9-7-5-4-6-8-17-32-25-12-10-11-23-24(25)21-36(29(23)39)26-13-14-27(37)34-28(26)38/h10-12,22,26,32H,4-9,13-21H2,1-3H3,(H,33,40)(H,34,37,38). The molecule has 226 valence electrons. The summed E-state index contributed by atoms with van der Waals surface area (Å²) in [6.07, 6.45) is 9.35. The van der Waals surface area contributed by atoms with Crippen LogP contribution in [-0.2, 0) is 20.9 Å². The number of anilines is 1. The van der Waals surface area contributed by atoms with Crippen molar-refractivity contribution in [3.05, 3.63) is 29.3 Å². The number of amides is 4. The molecule has 3 heterocycles. The molecule has 0 radical (unpaired) electrons. The van der Waals surface area contributed by atoms with E-state index in [1.807, 2.05) is 39.0 Å². The van der Waals surface area contributed by atoms with E-state index in [0.29, 0.717) is 18.5 Å². The SMILES string of the molecule is CC(C)(C)OC(=O)NC1CCN(CCCCCCCCNc2cccc3c2CN(C2CCC(=O)NC2=O)C3=O)CC1. The van der Waals surface area contributed by atoms with Crippen molar-refractivity contribution in [3.8, 4) is 0 Å². The average molecular weight is 570 g/mol. The second-order valence-electron chi connectivity index (χ2n) is 12.5. The third-order valence-corrected chi connectivity index (χ3v) is 8.11. The van der Waals surface area contributed by atoms with Crippen molar-refractivity contribution in [1.29, 1.82) is 0 Å². The van der Waals surface area contributed by atoms with Crippen molar-refractivity contribution in [1.82, 2.24) is 20.4 Å². The molecule has 0 bridgehead atoms. The zero-order chi connectivity index (χ0) is 29.4. The smallest absolute Gasteiger partial charge is 0.407 e. The zero-order valence-corrected chi connectivity index (χ0v) is 24.9. The second kappa shape index (κ2) is 14.2. The topological polar surface area (TPSA) is 120 Å². The van der Waals surface area contributed by atoms with E-state index in [0.717, 1.165) is 63.1 Å². The van der Waals surface area contributed by atoms with Gasteiger partial charge in [-0.1, -0.05) is 31.7 Å². The van der Waals surface area contributed by atoms with Crippen LogP contribution in [0.4, 0.5) is 10.5 Å². The fourth-order valence-electron chi connectivity index (χ4n) is 5.92. The fourth-order valence-corrected chi connectivity index (χ4v) is 5.92. The first-order valence-electron chi connectivity index (χ1n) is 15.3. The molecule has 0 aromatic heterocycles. The van der Waals surface area contributed by atoms with Crippen LogP contribution < -0.4 is 16.0 Å². The molecule has 4 amide bonds. The minimum absolute atomic E-state index is 0.139. The third kappa shape index (κ3) is 8.92. The number of benzene rings is 1. The maximum atomic E-state index is 13.0. The summed E-state index contributed by atoms with van der Waals surface area (Å²) in [5, 5.41) is 8.87. The molecule has 3 N–H and O–H groups in total. The Morgan fingerprint density at radius 3 is 2.41 bits per heavy atom. The van der Waals surface area contributed by atoms with E-state index < -0.39 is 11.6 Å². The number of unbranched alkanes of at least 4 members (excludes halogenated alkanes) is 5. The number of likely N-dealkylation sites (tertiary alicyclic amines) is 1. The summed E-state index contributed by atoms with van der Waals surface area (Å²) < 4.78 is 5.37. The molecule has 4 rings (SSSR count). The number of imide groups is 1. The Kier molecular flexibility index (Phi) is 10.6. The summed E-state index contributed by atoms with van der Waals surface area (Å²) in [5.74, 6) is -0.793. The van der Waals surface area contributed by atoms with Gasteiger partial charge in [-0.05, 0) is 71.6 Å². The number of hydrogen-bond acceptors (Lipinski definition) is 7. The highest BCUT2D eigenvalue weighted by Gasteiger charge is 2.39. The molecule has 0 aliphatic carbocycles. The van der Waals surface area contributed by atoms with Crippen LogP contribution in [0, 0.1) is 0 Å². The maximum Gasteiger partial charge on any atom is 0.407 e. The second-order valence-corrected chi connectivity index (χ2v) is 12.5. The Morgan fingerprint density at radius 1 is 1.00 bits per heavy atom. The first-order chi connectivity index (χ1) is 19.6. The molecule has 1 unspecified atom stereocenters. The van der Waals surface area contributed by atoms with Gasteiger partial charge in [-0.3, -0.25) is 19.7 Å². The highest BCUT2D eigenvalue weighted by molar-refractivity contribution is 6.06. The summed E-state index contributed by atoms with van der Waals surface area (Å²) >= 11 is 0. The van der Waals surface area contributed by atoms with Crippen LogP contribution in [-0.4, -0.2) is 77.5 Å². The van der Waals surface area contributed by atoms with Gasteiger partial charge in [0.2, 0.25) is 11.8 Å². The Balaban J connectivity index is 1.06. The summed E-state index contributed by atoms with van der Waals surface area (Å²) in [6, 6.07) is 5.31. The molecule has 10 heteroatoms. The number of alkyl carbamates (subject to hydrolysis) is 1. The largest absolute Gasteiger partial charge is 0.444 e.